The lowest BCUT2D eigenvalue weighted by Crippen LogP contribution is -2.32. The summed E-state index contributed by atoms with van der Waals surface area (Å²) in [5, 5.41) is 2.56. The molecule has 0 unspecified atom stereocenters. The van der Waals surface area contributed by atoms with Crippen LogP contribution in [0.2, 0.25) is 0 Å². The predicted molar refractivity (Wildman–Crippen MR) is 63.3 cm³/mol. The van der Waals surface area contributed by atoms with Gasteiger partial charge in [0.25, 0.3) is 10.0 Å². The topological polar surface area (TPSA) is 113 Å². The number of aromatic nitrogens is 2. The molecule has 0 fully saturated rings. The Labute approximate surface area is 105 Å². The molecule has 3 N–H and O–H groups in total. The van der Waals surface area contributed by atoms with Gasteiger partial charge in [-0.3, -0.25) is 4.79 Å². The van der Waals surface area contributed by atoms with Gasteiger partial charge in [0.2, 0.25) is 5.91 Å². The number of sulfonamides is 1. The molecule has 0 atom stereocenters. The summed E-state index contributed by atoms with van der Waals surface area (Å²) in [5.41, 5.74) is 0. The number of nitrogens with one attached hydrogen (secondary N) is 3. The molecule has 0 saturated carbocycles. The number of hydrogen-bond donors (Lipinski definition) is 3. The van der Waals surface area contributed by atoms with Gasteiger partial charge in [0.05, 0.1) is 19.1 Å². The highest BCUT2D eigenvalue weighted by Gasteiger charge is 2.15. The second-order valence-corrected chi connectivity index (χ2v) is 5.14. The highest BCUT2D eigenvalue weighted by atomic mass is 32.2. The van der Waals surface area contributed by atoms with E-state index in [4.69, 9.17) is 4.74 Å². The Hall–Kier alpha value is -1.45. The van der Waals surface area contributed by atoms with Gasteiger partial charge in [0.1, 0.15) is 0 Å². The van der Waals surface area contributed by atoms with Crippen LogP contribution in [0, 0.1) is 0 Å². The van der Waals surface area contributed by atoms with Gasteiger partial charge in [0, 0.05) is 26.6 Å². The molecule has 1 amide bonds. The maximum atomic E-state index is 11.6. The quantitative estimate of drug-likeness (QED) is 0.518. The van der Waals surface area contributed by atoms with Crippen molar-refractivity contribution in [3.63, 3.8) is 0 Å². The molecule has 1 heterocycles. The Balaban J connectivity index is 2.27. The molecule has 1 aromatic heterocycles. The van der Waals surface area contributed by atoms with Crippen molar-refractivity contribution in [1.82, 2.24) is 20.0 Å². The molecule has 0 spiro atoms. The van der Waals surface area contributed by atoms with Crippen LogP contribution in [0.15, 0.2) is 17.6 Å². The first-order valence-corrected chi connectivity index (χ1v) is 6.78. The molecular weight excluding hydrogens is 260 g/mol. The lowest BCUT2D eigenvalue weighted by Gasteiger charge is -2.05. The monoisotopic (exact) mass is 276 g/mol. The first-order valence-electron chi connectivity index (χ1n) is 5.30. The summed E-state index contributed by atoms with van der Waals surface area (Å²) in [6, 6.07) is 0. The molecular formula is C9H16N4O4S. The smallest absolute Gasteiger partial charge is 0.257 e. The third-order valence-electron chi connectivity index (χ3n) is 2.04. The number of aromatic amines is 1. The fraction of sp³-hybridized carbons (Fsp3) is 0.556. The van der Waals surface area contributed by atoms with E-state index in [9.17, 15) is 13.2 Å². The van der Waals surface area contributed by atoms with Gasteiger partial charge in [-0.2, -0.15) is 0 Å². The Bertz CT molecular complexity index is 457. The predicted octanol–water partition coefficient (Wildman–Crippen LogP) is -1.16. The maximum Gasteiger partial charge on any atom is 0.257 e. The minimum atomic E-state index is -3.61. The molecule has 0 aromatic carbocycles. The molecule has 0 bridgehead atoms. The standard InChI is InChI=1S/C9H16N4O4S/c1-17-5-4-11-8(14)2-3-13-18(15,16)9-6-10-7-12-9/h6-7,13H,2-5H2,1H3,(H,10,12)(H,11,14). The molecule has 0 radical (unpaired) electrons. The summed E-state index contributed by atoms with van der Waals surface area (Å²) in [6.45, 7) is 0.856. The van der Waals surface area contributed by atoms with Crippen molar-refractivity contribution in [3.8, 4) is 0 Å². The lowest BCUT2D eigenvalue weighted by molar-refractivity contribution is -0.121. The van der Waals surface area contributed by atoms with E-state index in [1.807, 2.05) is 0 Å². The number of amides is 1. The molecule has 9 heteroatoms. The molecule has 0 aliphatic carbocycles. The molecule has 102 valence electrons. The molecule has 8 nitrogen and oxygen atoms in total. The van der Waals surface area contributed by atoms with Crippen LogP contribution < -0.4 is 10.0 Å². The minimum absolute atomic E-state index is 0.0257. The number of hydrogen-bond acceptors (Lipinski definition) is 5. The average molecular weight is 276 g/mol. The van der Waals surface area contributed by atoms with Crippen LogP contribution in [0.1, 0.15) is 6.42 Å². The van der Waals surface area contributed by atoms with Crippen molar-refractivity contribution in [1.29, 1.82) is 0 Å². The zero-order chi connectivity index (χ0) is 13.4. The van der Waals surface area contributed by atoms with Crippen molar-refractivity contribution in [3.05, 3.63) is 12.5 Å². The number of carbonyl (C=O) groups excluding carboxylic acids is 1. The fourth-order valence-electron chi connectivity index (χ4n) is 1.15. The highest BCUT2D eigenvalue weighted by Crippen LogP contribution is 2.01. The fourth-order valence-corrected chi connectivity index (χ4v) is 2.08. The zero-order valence-corrected chi connectivity index (χ0v) is 10.8. The van der Waals surface area contributed by atoms with Crippen LogP contribution >= 0.6 is 0 Å². The summed E-state index contributed by atoms with van der Waals surface area (Å²) in [7, 11) is -2.08. The normalized spacial score (nSPS) is 11.4. The van der Waals surface area contributed by atoms with Crippen LogP contribution in [0.3, 0.4) is 0 Å². The van der Waals surface area contributed by atoms with E-state index in [0.29, 0.717) is 13.2 Å². The van der Waals surface area contributed by atoms with E-state index in [1.165, 1.54) is 19.6 Å². The third-order valence-corrected chi connectivity index (χ3v) is 3.42. The molecule has 18 heavy (non-hydrogen) atoms. The second-order valence-electron chi connectivity index (χ2n) is 3.41. The van der Waals surface area contributed by atoms with Crippen LogP contribution in [0.4, 0.5) is 0 Å². The summed E-state index contributed by atoms with van der Waals surface area (Å²) >= 11 is 0. The number of nitrogens with zero attached hydrogens (tertiary/aromatic N) is 1. The Morgan fingerprint density at radius 2 is 2.28 bits per heavy atom. The number of rotatable bonds is 8. The Morgan fingerprint density at radius 3 is 2.89 bits per heavy atom. The van der Waals surface area contributed by atoms with Crippen LogP contribution in [0.5, 0.6) is 0 Å². The van der Waals surface area contributed by atoms with E-state index in [-0.39, 0.29) is 23.9 Å². The second kappa shape index (κ2) is 7.09. The SMILES string of the molecule is COCCNC(=O)CCNS(=O)(=O)c1cnc[nH]1. The first-order chi connectivity index (χ1) is 8.56. The van der Waals surface area contributed by atoms with Gasteiger partial charge < -0.3 is 15.0 Å². The average Bonchev–Trinajstić information content (AvgIpc) is 2.83. The lowest BCUT2D eigenvalue weighted by atomic mass is 10.4. The summed E-state index contributed by atoms with van der Waals surface area (Å²) < 4.78 is 30.3. The van der Waals surface area contributed by atoms with Gasteiger partial charge in [-0.25, -0.2) is 18.1 Å². The molecule has 0 aliphatic rings. The van der Waals surface area contributed by atoms with E-state index in [1.54, 1.807) is 0 Å². The van der Waals surface area contributed by atoms with E-state index >= 15 is 0 Å². The number of H-pyrrole nitrogens is 1. The van der Waals surface area contributed by atoms with Gasteiger partial charge >= 0.3 is 0 Å². The van der Waals surface area contributed by atoms with Crippen molar-refractivity contribution >= 4 is 15.9 Å². The number of imidazole rings is 1. The Kier molecular flexibility index (Phi) is 5.75. The van der Waals surface area contributed by atoms with Gasteiger partial charge in [-0.1, -0.05) is 0 Å². The van der Waals surface area contributed by atoms with Crippen LogP contribution in [-0.4, -0.2) is 51.1 Å². The number of carbonyl (C=O) groups is 1. The highest BCUT2D eigenvalue weighted by molar-refractivity contribution is 7.89. The molecule has 0 saturated heterocycles. The van der Waals surface area contributed by atoms with Crippen molar-refractivity contribution in [2.45, 2.75) is 11.4 Å². The zero-order valence-electron chi connectivity index (χ0n) is 9.97. The van der Waals surface area contributed by atoms with Crippen LogP contribution in [-0.2, 0) is 19.6 Å². The van der Waals surface area contributed by atoms with Gasteiger partial charge in [-0.15, -0.1) is 0 Å². The third kappa shape index (κ3) is 4.82. The van der Waals surface area contributed by atoms with Gasteiger partial charge in [0.15, 0.2) is 5.03 Å². The van der Waals surface area contributed by atoms with Crippen LogP contribution in [0.25, 0.3) is 0 Å². The minimum Gasteiger partial charge on any atom is -0.383 e. The van der Waals surface area contributed by atoms with E-state index < -0.39 is 10.0 Å². The van der Waals surface area contributed by atoms with Gasteiger partial charge in [-0.05, 0) is 0 Å². The van der Waals surface area contributed by atoms with E-state index in [0.717, 1.165) is 0 Å². The van der Waals surface area contributed by atoms with Crippen molar-refractivity contribution in [2.24, 2.45) is 0 Å². The van der Waals surface area contributed by atoms with Crippen molar-refractivity contribution in [2.75, 3.05) is 26.8 Å². The first kappa shape index (κ1) is 14.6. The molecule has 0 aliphatic heterocycles. The number of methoxy groups -OCH3 is 1. The Morgan fingerprint density at radius 1 is 1.50 bits per heavy atom. The summed E-state index contributed by atoms with van der Waals surface area (Å²) in [5.74, 6) is -0.237. The molecule has 1 rings (SSSR count). The maximum absolute atomic E-state index is 11.6. The van der Waals surface area contributed by atoms with E-state index in [2.05, 4.69) is 20.0 Å². The molecule has 1 aromatic rings. The largest absolute Gasteiger partial charge is 0.383 e. The summed E-state index contributed by atoms with van der Waals surface area (Å²) in [4.78, 5) is 17.4. The summed E-state index contributed by atoms with van der Waals surface area (Å²) in [6.07, 6.45) is 2.53. The number of ether oxygens (including phenoxy) is 1. The van der Waals surface area contributed by atoms with Crippen molar-refractivity contribution < 1.29 is 17.9 Å².